The standard InChI is InChI=1S/C23H45O4PS3/c1-3-4-5-6-7-8-9-10-11-12-13-14-15-16-17-25-20-23(27-22(2)24)21-26-28(29)30-18-19-31-28/h23H,3-21H2,1-2H3/t23-/m1/s1. The molecule has 1 heterocycles. The maximum Gasteiger partial charge on any atom is 0.303 e. The molecule has 0 bridgehead atoms. The first kappa shape index (κ1) is 29.8. The number of carbonyl (C=O) groups excluding carboxylic acids is 1. The number of hydrogen-bond donors (Lipinski definition) is 0. The number of hydrogen-bond acceptors (Lipinski definition) is 7. The summed E-state index contributed by atoms with van der Waals surface area (Å²) < 4.78 is 15.2. The summed E-state index contributed by atoms with van der Waals surface area (Å²) in [5.74, 6) is 1.81. The van der Waals surface area contributed by atoms with Gasteiger partial charge in [-0.2, -0.15) is 0 Å². The quantitative estimate of drug-likeness (QED) is 0.0873. The van der Waals surface area contributed by atoms with Crippen LogP contribution in [0.25, 0.3) is 0 Å². The Balaban J connectivity index is 1.91. The molecule has 0 saturated carbocycles. The van der Waals surface area contributed by atoms with Crippen molar-refractivity contribution < 1.29 is 18.8 Å². The van der Waals surface area contributed by atoms with Crippen molar-refractivity contribution in [2.75, 3.05) is 31.3 Å². The lowest BCUT2D eigenvalue weighted by Gasteiger charge is -2.20. The third kappa shape index (κ3) is 17.8. The molecule has 0 spiro atoms. The fourth-order valence-electron chi connectivity index (χ4n) is 3.55. The Hall–Kier alpha value is 0.740. The molecule has 1 atom stereocenters. The zero-order valence-corrected chi connectivity index (χ0v) is 23.2. The average molecular weight is 513 g/mol. The van der Waals surface area contributed by atoms with Crippen molar-refractivity contribution in [3.63, 3.8) is 0 Å². The van der Waals surface area contributed by atoms with Crippen LogP contribution in [-0.2, 0) is 30.6 Å². The van der Waals surface area contributed by atoms with Crippen LogP contribution in [0.15, 0.2) is 0 Å². The number of unbranched alkanes of at least 4 members (excludes halogenated alkanes) is 13. The molecule has 1 rings (SSSR count). The molecule has 184 valence electrons. The van der Waals surface area contributed by atoms with Gasteiger partial charge in [0.05, 0.1) is 13.2 Å². The van der Waals surface area contributed by atoms with E-state index in [1.54, 1.807) is 22.8 Å². The summed E-state index contributed by atoms with van der Waals surface area (Å²) in [4.78, 5) is 11.3. The van der Waals surface area contributed by atoms with E-state index < -0.39 is 4.67 Å². The maximum absolute atomic E-state index is 11.3. The third-order valence-corrected chi connectivity index (χ3v) is 15.1. The van der Waals surface area contributed by atoms with Crippen LogP contribution in [0, 0.1) is 0 Å². The molecule has 0 aromatic carbocycles. The van der Waals surface area contributed by atoms with E-state index in [0.29, 0.717) is 19.8 Å². The smallest absolute Gasteiger partial charge is 0.303 e. The molecule has 8 heteroatoms. The first-order valence-corrected chi connectivity index (χ1v) is 18.2. The van der Waals surface area contributed by atoms with Gasteiger partial charge in [-0.05, 0) is 18.2 Å². The van der Waals surface area contributed by atoms with Crippen molar-refractivity contribution in [1.82, 2.24) is 0 Å². The Bertz CT molecular complexity index is 483. The van der Waals surface area contributed by atoms with E-state index in [-0.39, 0.29) is 12.1 Å². The maximum atomic E-state index is 11.3. The highest BCUT2D eigenvalue weighted by Crippen LogP contribution is 2.74. The number of esters is 1. The second-order valence-corrected chi connectivity index (χ2v) is 19.1. The Kier molecular flexibility index (Phi) is 19.3. The molecule has 31 heavy (non-hydrogen) atoms. The molecule has 0 N–H and O–H groups in total. The van der Waals surface area contributed by atoms with Gasteiger partial charge in [-0.15, -0.1) is 0 Å². The molecular formula is C23H45O4PS3. The summed E-state index contributed by atoms with van der Waals surface area (Å²) in [7, 11) is 0. The van der Waals surface area contributed by atoms with E-state index in [1.807, 2.05) is 0 Å². The molecule has 0 unspecified atom stereocenters. The Morgan fingerprint density at radius 2 is 1.32 bits per heavy atom. The normalized spacial score (nSPS) is 16.5. The van der Waals surface area contributed by atoms with Gasteiger partial charge >= 0.3 is 5.97 Å². The van der Waals surface area contributed by atoms with Crippen LogP contribution in [-0.4, -0.2) is 43.4 Å². The van der Waals surface area contributed by atoms with Crippen molar-refractivity contribution in [3.8, 4) is 0 Å². The third-order valence-electron chi connectivity index (χ3n) is 5.28. The molecular weight excluding hydrogens is 467 g/mol. The molecule has 0 aliphatic carbocycles. The minimum Gasteiger partial charge on any atom is -0.458 e. The van der Waals surface area contributed by atoms with Crippen molar-refractivity contribution in [2.45, 2.75) is 110 Å². The summed E-state index contributed by atoms with van der Waals surface area (Å²) in [6.07, 6.45) is 18.6. The molecule has 1 fully saturated rings. The molecule has 1 aliphatic rings. The largest absolute Gasteiger partial charge is 0.458 e. The minimum absolute atomic E-state index is 0.294. The Morgan fingerprint density at radius 3 is 1.81 bits per heavy atom. The van der Waals surface area contributed by atoms with Crippen molar-refractivity contribution >= 4 is 45.2 Å². The molecule has 0 amide bonds. The Labute approximate surface area is 204 Å². The van der Waals surface area contributed by atoms with Gasteiger partial charge in [0.15, 0.2) is 4.67 Å². The summed E-state index contributed by atoms with van der Waals surface area (Å²) in [5, 5.41) is 0. The second kappa shape index (κ2) is 20.1. The number of carbonyl (C=O) groups is 1. The predicted octanol–water partition coefficient (Wildman–Crippen LogP) is 8.14. The first-order valence-electron chi connectivity index (χ1n) is 12.3. The Morgan fingerprint density at radius 1 is 0.839 bits per heavy atom. The number of rotatable bonds is 21. The minimum atomic E-state index is -1.82. The lowest BCUT2D eigenvalue weighted by Crippen LogP contribution is -2.27. The van der Waals surface area contributed by atoms with Crippen LogP contribution in [0.1, 0.15) is 104 Å². The summed E-state index contributed by atoms with van der Waals surface area (Å²) in [6, 6.07) is 0. The van der Waals surface area contributed by atoms with Crippen molar-refractivity contribution in [2.24, 2.45) is 0 Å². The summed E-state index contributed by atoms with van der Waals surface area (Å²) >= 11 is 9.07. The lowest BCUT2D eigenvalue weighted by molar-refractivity contribution is -0.151. The van der Waals surface area contributed by atoms with E-state index in [2.05, 4.69) is 6.92 Å². The van der Waals surface area contributed by atoms with E-state index in [4.69, 9.17) is 25.8 Å². The zero-order chi connectivity index (χ0) is 22.6. The predicted molar refractivity (Wildman–Crippen MR) is 142 cm³/mol. The van der Waals surface area contributed by atoms with E-state index in [0.717, 1.165) is 17.9 Å². The van der Waals surface area contributed by atoms with Crippen LogP contribution >= 0.6 is 27.4 Å². The molecule has 0 aromatic heterocycles. The van der Waals surface area contributed by atoms with Gasteiger partial charge in [0, 0.05) is 25.0 Å². The monoisotopic (exact) mass is 512 g/mol. The number of ether oxygens (including phenoxy) is 2. The molecule has 1 aliphatic heterocycles. The average Bonchev–Trinajstić information content (AvgIpc) is 3.18. The van der Waals surface area contributed by atoms with E-state index in [1.165, 1.54) is 90.4 Å². The highest BCUT2D eigenvalue weighted by atomic mass is 33.2. The van der Waals surface area contributed by atoms with Gasteiger partial charge in [-0.3, -0.25) is 4.79 Å². The summed E-state index contributed by atoms with van der Waals surface area (Å²) in [6.45, 7) is 5.16. The van der Waals surface area contributed by atoms with E-state index >= 15 is 0 Å². The first-order chi connectivity index (χ1) is 15.1. The fraction of sp³-hybridized carbons (Fsp3) is 0.957. The van der Waals surface area contributed by atoms with Gasteiger partial charge in [0.25, 0.3) is 0 Å². The second-order valence-electron chi connectivity index (χ2n) is 8.31. The zero-order valence-electron chi connectivity index (χ0n) is 19.8. The lowest BCUT2D eigenvalue weighted by atomic mass is 10.0. The SMILES string of the molecule is CCCCCCCCCCCCCCCCOC[C@H](COP1(=S)SCCS1)OC(C)=O. The highest BCUT2D eigenvalue weighted by molar-refractivity contribution is 9.00. The van der Waals surface area contributed by atoms with Gasteiger partial charge in [-0.25, -0.2) is 0 Å². The van der Waals surface area contributed by atoms with Crippen molar-refractivity contribution in [3.05, 3.63) is 0 Å². The van der Waals surface area contributed by atoms with E-state index in [9.17, 15) is 4.79 Å². The highest BCUT2D eigenvalue weighted by Gasteiger charge is 2.27. The van der Waals surface area contributed by atoms with Crippen LogP contribution in [0.3, 0.4) is 0 Å². The van der Waals surface area contributed by atoms with Crippen LogP contribution in [0.5, 0.6) is 0 Å². The molecule has 1 saturated heterocycles. The molecule has 0 aromatic rings. The van der Waals surface area contributed by atoms with Crippen LogP contribution in [0.4, 0.5) is 0 Å². The topological polar surface area (TPSA) is 44.8 Å². The molecule has 4 nitrogen and oxygen atoms in total. The van der Waals surface area contributed by atoms with Crippen LogP contribution < -0.4 is 0 Å². The van der Waals surface area contributed by atoms with Gasteiger partial charge in [0.1, 0.15) is 6.10 Å². The fourth-order valence-corrected chi connectivity index (χ4v) is 12.4. The molecule has 0 radical (unpaired) electrons. The van der Waals surface area contributed by atoms with Gasteiger partial charge in [0.2, 0.25) is 0 Å². The van der Waals surface area contributed by atoms with Gasteiger partial charge in [-0.1, -0.05) is 113 Å². The van der Waals surface area contributed by atoms with Crippen LogP contribution in [0.2, 0.25) is 0 Å². The van der Waals surface area contributed by atoms with Gasteiger partial charge < -0.3 is 14.0 Å². The summed E-state index contributed by atoms with van der Waals surface area (Å²) in [5.41, 5.74) is 0. The van der Waals surface area contributed by atoms with Crippen molar-refractivity contribution in [1.29, 1.82) is 0 Å².